The summed E-state index contributed by atoms with van der Waals surface area (Å²) in [7, 11) is 0. The van der Waals surface area contributed by atoms with Crippen LogP contribution >= 0.6 is 12.4 Å². The number of carbonyl (C=O) groups excluding carboxylic acids is 1. The Morgan fingerprint density at radius 3 is 2.50 bits per heavy atom. The zero-order valence-electron chi connectivity index (χ0n) is 12.1. The molecular weight excluding hydrogens is 272 g/mol. The fourth-order valence-electron chi connectivity index (χ4n) is 2.38. The monoisotopic (exact) mass is 296 g/mol. The lowest BCUT2D eigenvalue weighted by atomic mass is 9.85. The van der Waals surface area contributed by atoms with Crippen molar-refractivity contribution in [2.45, 2.75) is 45.1 Å². The van der Waals surface area contributed by atoms with E-state index in [9.17, 15) is 4.79 Å². The lowest BCUT2D eigenvalue weighted by Crippen LogP contribution is -2.38. The topological polar surface area (TPSA) is 46.3 Å². The smallest absolute Gasteiger partial charge is 0.227 e. The molecule has 0 aliphatic heterocycles. The molecule has 4 heteroatoms. The Hall–Kier alpha value is -1.06. The second kappa shape index (κ2) is 8.28. The highest BCUT2D eigenvalue weighted by atomic mass is 35.5. The van der Waals surface area contributed by atoms with Crippen LogP contribution in [0.2, 0.25) is 0 Å². The highest BCUT2D eigenvalue weighted by Crippen LogP contribution is 2.29. The number of para-hydroxylation sites is 1. The van der Waals surface area contributed by atoms with E-state index in [0.717, 1.165) is 18.7 Å². The predicted octanol–water partition coefficient (Wildman–Crippen LogP) is 3.37. The second-order valence-corrected chi connectivity index (χ2v) is 5.65. The van der Waals surface area contributed by atoms with Crippen LogP contribution in [0.3, 0.4) is 0 Å². The van der Waals surface area contributed by atoms with E-state index in [1.165, 1.54) is 19.3 Å². The number of benzene rings is 1. The Morgan fingerprint density at radius 2 is 2.00 bits per heavy atom. The van der Waals surface area contributed by atoms with Crippen molar-refractivity contribution >= 4 is 24.0 Å². The summed E-state index contributed by atoms with van der Waals surface area (Å²) in [5, 5.41) is 0. The summed E-state index contributed by atoms with van der Waals surface area (Å²) in [4.78, 5) is 14.3. The van der Waals surface area contributed by atoms with Gasteiger partial charge in [-0.05, 0) is 44.2 Å². The first-order valence-electron chi connectivity index (χ1n) is 7.28. The summed E-state index contributed by atoms with van der Waals surface area (Å²) in [6.45, 7) is 2.81. The van der Waals surface area contributed by atoms with E-state index in [4.69, 9.17) is 5.73 Å². The second-order valence-electron chi connectivity index (χ2n) is 5.65. The van der Waals surface area contributed by atoms with Gasteiger partial charge in [0.2, 0.25) is 5.91 Å². The Morgan fingerprint density at radius 1 is 1.35 bits per heavy atom. The summed E-state index contributed by atoms with van der Waals surface area (Å²) in [5.41, 5.74) is 6.77. The van der Waals surface area contributed by atoms with Gasteiger partial charge in [0.1, 0.15) is 0 Å². The first-order valence-corrected chi connectivity index (χ1v) is 7.28. The molecule has 0 aromatic heterocycles. The number of rotatable bonds is 6. The summed E-state index contributed by atoms with van der Waals surface area (Å²) < 4.78 is 0. The Kier molecular flexibility index (Phi) is 7.03. The SMILES string of the molecule is CC(N)CCC(=O)N(CC1CCC1)c1ccccc1.Cl. The third-order valence-electron chi connectivity index (χ3n) is 3.85. The Bertz CT molecular complexity index is 404. The molecule has 0 bridgehead atoms. The molecule has 0 spiro atoms. The van der Waals surface area contributed by atoms with E-state index < -0.39 is 0 Å². The molecule has 1 fully saturated rings. The maximum absolute atomic E-state index is 12.4. The van der Waals surface area contributed by atoms with Gasteiger partial charge in [0.15, 0.2) is 0 Å². The first-order chi connectivity index (χ1) is 9.16. The van der Waals surface area contributed by atoms with Crippen LogP contribution in [-0.4, -0.2) is 18.5 Å². The van der Waals surface area contributed by atoms with Crippen molar-refractivity contribution in [1.82, 2.24) is 0 Å². The van der Waals surface area contributed by atoms with Gasteiger partial charge in [0.25, 0.3) is 0 Å². The zero-order chi connectivity index (χ0) is 13.7. The van der Waals surface area contributed by atoms with Gasteiger partial charge in [-0.1, -0.05) is 24.6 Å². The summed E-state index contributed by atoms with van der Waals surface area (Å²) in [5.74, 6) is 0.884. The third kappa shape index (κ3) is 4.80. The number of nitrogens with zero attached hydrogens (tertiary/aromatic N) is 1. The minimum absolute atomic E-state index is 0. The van der Waals surface area contributed by atoms with Crippen molar-refractivity contribution in [1.29, 1.82) is 0 Å². The van der Waals surface area contributed by atoms with Crippen molar-refractivity contribution in [2.24, 2.45) is 11.7 Å². The molecule has 1 saturated carbocycles. The zero-order valence-corrected chi connectivity index (χ0v) is 12.9. The van der Waals surface area contributed by atoms with Crippen LogP contribution in [0.5, 0.6) is 0 Å². The molecule has 1 amide bonds. The molecular formula is C16H25ClN2O. The fourth-order valence-corrected chi connectivity index (χ4v) is 2.38. The van der Waals surface area contributed by atoms with Crippen LogP contribution in [0.1, 0.15) is 39.0 Å². The van der Waals surface area contributed by atoms with E-state index in [1.807, 2.05) is 42.2 Å². The molecule has 112 valence electrons. The molecule has 0 radical (unpaired) electrons. The van der Waals surface area contributed by atoms with Crippen molar-refractivity contribution < 1.29 is 4.79 Å². The minimum Gasteiger partial charge on any atom is -0.328 e. The third-order valence-corrected chi connectivity index (χ3v) is 3.85. The first kappa shape index (κ1) is 17.0. The van der Waals surface area contributed by atoms with Gasteiger partial charge in [-0.3, -0.25) is 4.79 Å². The molecule has 1 aliphatic rings. The molecule has 1 aromatic carbocycles. The van der Waals surface area contributed by atoms with Crippen LogP contribution in [0, 0.1) is 5.92 Å². The number of anilines is 1. The number of halogens is 1. The number of hydrogen-bond acceptors (Lipinski definition) is 2. The maximum Gasteiger partial charge on any atom is 0.227 e. The molecule has 0 heterocycles. The van der Waals surface area contributed by atoms with Crippen LogP contribution in [-0.2, 0) is 4.79 Å². The summed E-state index contributed by atoms with van der Waals surface area (Å²) in [6.07, 6.45) is 5.11. The molecule has 20 heavy (non-hydrogen) atoms. The van der Waals surface area contributed by atoms with Gasteiger partial charge in [0.05, 0.1) is 0 Å². The van der Waals surface area contributed by atoms with E-state index in [0.29, 0.717) is 12.3 Å². The predicted molar refractivity (Wildman–Crippen MR) is 86.3 cm³/mol. The lowest BCUT2D eigenvalue weighted by Gasteiger charge is -2.32. The molecule has 2 rings (SSSR count). The Balaban J connectivity index is 0.00000200. The van der Waals surface area contributed by atoms with E-state index in [2.05, 4.69) is 0 Å². The van der Waals surface area contributed by atoms with E-state index in [1.54, 1.807) is 0 Å². The largest absolute Gasteiger partial charge is 0.328 e. The number of nitrogens with two attached hydrogens (primary N) is 1. The van der Waals surface area contributed by atoms with Gasteiger partial charge < -0.3 is 10.6 Å². The van der Waals surface area contributed by atoms with E-state index in [-0.39, 0.29) is 24.4 Å². The van der Waals surface area contributed by atoms with Crippen molar-refractivity contribution in [3.8, 4) is 0 Å². The normalized spacial score (nSPS) is 15.9. The highest BCUT2D eigenvalue weighted by Gasteiger charge is 2.24. The highest BCUT2D eigenvalue weighted by molar-refractivity contribution is 5.93. The number of hydrogen-bond donors (Lipinski definition) is 1. The number of amides is 1. The lowest BCUT2D eigenvalue weighted by molar-refractivity contribution is -0.119. The number of carbonyl (C=O) groups is 1. The minimum atomic E-state index is 0. The molecule has 1 aliphatic carbocycles. The van der Waals surface area contributed by atoms with Gasteiger partial charge in [0, 0.05) is 24.7 Å². The molecule has 3 nitrogen and oxygen atoms in total. The van der Waals surface area contributed by atoms with Gasteiger partial charge in [-0.15, -0.1) is 12.4 Å². The Labute approximate surface area is 127 Å². The van der Waals surface area contributed by atoms with Crippen molar-refractivity contribution in [2.75, 3.05) is 11.4 Å². The molecule has 1 atom stereocenters. The van der Waals surface area contributed by atoms with Crippen molar-refractivity contribution in [3.05, 3.63) is 30.3 Å². The van der Waals surface area contributed by atoms with Gasteiger partial charge in [-0.2, -0.15) is 0 Å². The molecule has 1 aromatic rings. The van der Waals surface area contributed by atoms with Crippen LogP contribution in [0.4, 0.5) is 5.69 Å². The fraction of sp³-hybridized carbons (Fsp3) is 0.562. The quantitative estimate of drug-likeness (QED) is 0.875. The summed E-state index contributed by atoms with van der Waals surface area (Å²) >= 11 is 0. The summed E-state index contributed by atoms with van der Waals surface area (Å²) in [6, 6.07) is 10.1. The van der Waals surface area contributed by atoms with Gasteiger partial charge in [-0.25, -0.2) is 0 Å². The average molecular weight is 297 g/mol. The maximum atomic E-state index is 12.4. The standard InChI is InChI=1S/C16H24N2O.ClH/c1-13(17)10-11-16(19)18(12-14-6-5-7-14)15-8-3-2-4-9-15;/h2-4,8-9,13-14H,5-7,10-12,17H2,1H3;1H. The molecule has 1 unspecified atom stereocenters. The van der Waals surface area contributed by atoms with Crippen LogP contribution < -0.4 is 10.6 Å². The van der Waals surface area contributed by atoms with E-state index >= 15 is 0 Å². The van der Waals surface area contributed by atoms with Crippen molar-refractivity contribution in [3.63, 3.8) is 0 Å². The average Bonchev–Trinajstić information content (AvgIpc) is 2.36. The van der Waals surface area contributed by atoms with Gasteiger partial charge >= 0.3 is 0 Å². The molecule has 2 N–H and O–H groups in total. The van der Waals surface area contributed by atoms with Crippen LogP contribution in [0.25, 0.3) is 0 Å². The molecule has 0 saturated heterocycles. The van der Waals surface area contributed by atoms with Crippen LogP contribution in [0.15, 0.2) is 30.3 Å².